The summed E-state index contributed by atoms with van der Waals surface area (Å²) in [7, 11) is 0. The molecule has 0 bridgehead atoms. The lowest BCUT2D eigenvalue weighted by Crippen LogP contribution is -2.42. The minimum Gasteiger partial charge on any atom is -0.477 e. The van der Waals surface area contributed by atoms with Crippen molar-refractivity contribution in [2.24, 2.45) is 0 Å². The number of imide groups is 1. The molecule has 0 saturated carbocycles. The Labute approximate surface area is 148 Å². The van der Waals surface area contributed by atoms with Crippen LogP contribution in [0, 0.1) is 0 Å². The molecule has 0 saturated heterocycles. The van der Waals surface area contributed by atoms with E-state index >= 15 is 0 Å². The van der Waals surface area contributed by atoms with Crippen molar-refractivity contribution in [1.29, 1.82) is 0 Å². The van der Waals surface area contributed by atoms with Crippen LogP contribution in [0.5, 0.6) is 0 Å². The van der Waals surface area contributed by atoms with E-state index in [1.54, 1.807) is 30.3 Å². The summed E-state index contributed by atoms with van der Waals surface area (Å²) in [6.07, 6.45) is -6.15. The van der Waals surface area contributed by atoms with Gasteiger partial charge in [-0.05, 0) is 26.3 Å². The summed E-state index contributed by atoms with van der Waals surface area (Å²) in [4.78, 5) is 35.6. The normalized spacial score (nSPS) is 11.8. The van der Waals surface area contributed by atoms with E-state index in [1.165, 1.54) is 20.8 Å². The SMILES string of the molecule is CC(C)(C)OC(=O)N(C(=O)OCc1ccccc1)C(=CC(F)F)C(=O)O. The van der Waals surface area contributed by atoms with E-state index < -0.39 is 35.9 Å². The van der Waals surface area contributed by atoms with E-state index in [2.05, 4.69) is 0 Å². The number of nitrogens with zero attached hydrogens (tertiary/aromatic N) is 1. The number of carbonyl (C=O) groups excluding carboxylic acids is 2. The molecule has 0 heterocycles. The summed E-state index contributed by atoms with van der Waals surface area (Å²) in [5.41, 5.74) is -1.80. The number of hydrogen-bond donors (Lipinski definition) is 1. The number of hydrogen-bond acceptors (Lipinski definition) is 5. The topological polar surface area (TPSA) is 93.1 Å². The van der Waals surface area contributed by atoms with Crippen LogP contribution in [0.2, 0.25) is 0 Å². The monoisotopic (exact) mass is 371 g/mol. The smallest absolute Gasteiger partial charge is 0.424 e. The molecule has 1 N–H and O–H groups in total. The molecule has 0 aromatic heterocycles. The number of allylic oxidation sites excluding steroid dienone is 1. The quantitative estimate of drug-likeness (QED) is 0.792. The Hall–Kier alpha value is -2.97. The van der Waals surface area contributed by atoms with Crippen molar-refractivity contribution >= 4 is 18.2 Å². The van der Waals surface area contributed by atoms with E-state index in [0.29, 0.717) is 5.56 Å². The summed E-state index contributed by atoms with van der Waals surface area (Å²) < 4.78 is 35.1. The second-order valence-electron chi connectivity index (χ2n) is 6.05. The number of benzene rings is 1. The van der Waals surface area contributed by atoms with Crippen molar-refractivity contribution in [3.63, 3.8) is 0 Å². The van der Waals surface area contributed by atoms with Crippen LogP contribution in [0.15, 0.2) is 42.1 Å². The number of carboxylic acid groups (broad SMARTS) is 1. The lowest BCUT2D eigenvalue weighted by atomic mass is 10.2. The Morgan fingerprint density at radius 2 is 1.73 bits per heavy atom. The van der Waals surface area contributed by atoms with Crippen LogP contribution in [-0.4, -0.2) is 40.2 Å². The lowest BCUT2D eigenvalue weighted by Gasteiger charge is -2.25. The van der Waals surface area contributed by atoms with Gasteiger partial charge in [0.15, 0.2) is 0 Å². The first-order valence-corrected chi connectivity index (χ1v) is 7.48. The maximum absolute atomic E-state index is 12.7. The Kier molecular flexibility index (Phi) is 7.24. The molecule has 26 heavy (non-hydrogen) atoms. The first kappa shape index (κ1) is 21.1. The van der Waals surface area contributed by atoms with Crippen LogP contribution < -0.4 is 0 Å². The molecule has 0 spiro atoms. The van der Waals surface area contributed by atoms with Gasteiger partial charge >= 0.3 is 18.2 Å². The standard InChI is InChI=1S/C17H19F2NO6/c1-17(2,3)26-16(24)20(12(14(21)22)9-13(18)19)15(23)25-10-11-7-5-4-6-8-11/h4-9,13H,10H2,1-3H3,(H,21,22). The summed E-state index contributed by atoms with van der Waals surface area (Å²) in [6, 6.07) is 8.32. The van der Waals surface area contributed by atoms with Gasteiger partial charge in [-0.1, -0.05) is 30.3 Å². The zero-order chi connectivity index (χ0) is 19.9. The molecule has 1 aromatic carbocycles. The number of alkyl halides is 2. The molecule has 2 amide bonds. The zero-order valence-corrected chi connectivity index (χ0v) is 14.4. The minimum atomic E-state index is -3.21. The van der Waals surface area contributed by atoms with Crippen LogP contribution in [0.4, 0.5) is 18.4 Å². The second-order valence-corrected chi connectivity index (χ2v) is 6.05. The molecule has 0 aliphatic carbocycles. The molecule has 0 radical (unpaired) electrons. The highest BCUT2D eigenvalue weighted by Gasteiger charge is 2.35. The van der Waals surface area contributed by atoms with Crippen molar-refractivity contribution in [3.8, 4) is 0 Å². The molecular formula is C17H19F2NO6. The Morgan fingerprint density at radius 3 is 2.19 bits per heavy atom. The average Bonchev–Trinajstić information content (AvgIpc) is 2.51. The van der Waals surface area contributed by atoms with Crippen LogP contribution >= 0.6 is 0 Å². The Balaban J connectivity index is 3.11. The van der Waals surface area contributed by atoms with Crippen molar-refractivity contribution in [2.45, 2.75) is 39.4 Å². The molecule has 0 unspecified atom stereocenters. The second kappa shape index (κ2) is 8.93. The highest BCUT2D eigenvalue weighted by atomic mass is 19.3. The van der Waals surface area contributed by atoms with Crippen molar-refractivity contribution in [2.75, 3.05) is 0 Å². The Bertz CT molecular complexity index is 682. The number of halogens is 2. The van der Waals surface area contributed by atoms with E-state index in [-0.39, 0.29) is 17.6 Å². The van der Waals surface area contributed by atoms with Gasteiger partial charge in [0.05, 0.1) is 0 Å². The minimum absolute atomic E-state index is 0.0456. The van der Waals surface area contributed by atoms with E-state index in [0.717, 1.165) is 0 Å². The highest BCUT2D eigenvalue weighted by Crippen LogP contribution is 2.17. The first-order valence-electron chi connectivity index (χ1n) is 7.48. The molecule has 0 atom stereocenters. The molecule has 0 aliphatic rings. The maximum Gasteiger partial charge on any atom is 0.424 e. The molecule has 0 fully saturated rings. The number of carbonyl (C=O) groups is 3. The first-order chi connectivity index (χ1) is 12.0. The number of aliphatic carboxylic acids is 1. The average molecular weight is 371 g/mol. The van der Waals surface area contributed by atoms with Gasteiger partial charge in [-0.15, -0.1) is 0 Å². The number of rotatable bonds is 5. The predicted octanol–water partition coefficient (Wildman–Crippen LogP) is 3.79. The molecule has 1 rings (SSSR count). The van der Waals surface area contributed by atoms with Gasteiger partial charge in [0.2, 0.25) is 0 Å². The fraction of sp³-hybridized carbons (Fsp3) is 0.353. The molecular weight excluding hydrogens is 352 g/mol. The van der Waals surface area contributed by atoms with Gasteiger partial charge in [-0.2, -0.15) is 4.90 Å². The highest BCUT2D eigenvalue weighted by molar-refractivity contribution is 6.00. The third-order valence-electron chi connectivity index (χ3n) is 2.71. The number of amides is 2. The van der Waals surface area contributed by atoms with Gasteiger partial charge in [0.1, 0.15) is 17.9 Å². The molecule has 7 nitrogen and oxygen atoms in total. The van der Waals surface area contributed by atoms with Crippen LogP contribution in [0.25, 0.3) is 0 Å². The molecule has 1 aromatic rings. The van der Waals surface area contributed by atoms with Crippen molar-refractivity contribution in [1.82, 2.24) is 4.90 Å². The zero-order valence-electron chi connectivity index (χ0n) is 14.4. The van der Waals surface area contributed by atoms with Gasteiger partial charge in [0, 0.05) is 6.08 Å². The fourth-order valence-electron chi connectivity index (χ4n) is 1.72. The fourth-order valence-corrected chi connectivity index (χ4v) is 1.72. The van der Waals surface area contributed by atoms with Gasteiger partial charge in [0.25, 0.3) is 6.43 Å². The maximum atomic E-state index is 12.7. The van der Waals surface area contributed by atoms with Crippen molar-refractivity contribution in [3.05, 3.63) is 47.7 Å². The summed E-state index contributed by atoms with van der Waals surface area (Å²) >= 11 is 0. The van der Waals surface area contributed by atoms with Gasteiger partial charge < -0.3 is 14.6 Å². The van der Waals surface area contributed by atoms with Crippen LogP contribution in [0.1, 0.15) is 26.3 Å². The van der Waals surface area contributed by atoms with Gasteiger partial charge in [-0.3, -0.25) is 0 Å². The van der Waals surface area contributed by atoms with E-state index in [9.17, 15) is 23.2 Å². The third kappa shape index (κ3) is 6.88. The third-order valence-corrected chi connectivity index (χ3v) is 2.71. The summed E-state index contributed by atoms with van der Waals surface area (Å²) in [5, 5.41) is 9.12. The molecule has 9 heteroatoms. The Morgan fingerprint density at radius 1 is 1.15 bits per heavy atom. The van der Waals surface area contributed by atoms with Crippen LogP contribution in [0.3, 0.4) is 0 Å². The molecule has 0 aliphatic heterocycles. The summed E-state index contributed by atoms with van der Waals surface area (Å²) in [6.45, 7) is 4.11. The predicted molar refractivity (Wildman–Crippen MR) is 86.4 cm³/mol. The lowest BCUT2D eigenvalue weighted by molar-refractivity contribution is -0.134. The van der Waals surface area contributed by atoms with Crippen LogP contribution in [-0.2, 0) is 20.9 Å². The summed E-state index contributed by atoms with van der Waals surface area (Å²) in [5.74, 6) is -1.91. The largest absolute Gasteiger partial charge is 0.477 e. The van der Waals surface area contributed by atoms with Gasteiger partial charge in [-0.25, -0.2) is 23.2 Å². The molecule has 142 valence electrons. The van der Waals surface area contributed by atoms with E-state index in [4.69, 9.17) is 14.6 Å². The number of ether oxygens (including phenoxy) is 2. The number of carboxylic acids is 1. The van der Waals surface area contributed by atoms with E-state index in [1.807, 2.05) is 0 Å². The van der Waals surface area contributed by atoms with Crippen molar-refractivity contribution < 1.29 is 37.7 Å².